The second-order valence-electron chi connectivity index (χ2n) is 6.59. The number of likely N-dealkylation sites (tertiary alicyclic amines) is 1. The van der Waals surface area contributed by atoms with Crippen LogP contribution in [0.5, 0.6) is 0 Å². The lowest BCUT2D eigenvalue weighted by Gasteiger charge is -2.35. The van der Waals surface area contributed by atoms with Gasteiger partial charge in [-0.15, -0.1) is 0 Å². The smallest absolute Gasteiger partial charge is 0.191 e. The SMILES string of the molecule is CCNC(=NCCCOC)NCCCN1CC(C)CC(C)C1. The lowest BCUT2D eigenvalue weighted by atomic mass is 9.92. The van der Waals surface area contributed by atoms with Crippen LogP contribution in [0.15, 0.2) is 4.99 Å². The van der Waals surface area contributed by atoms with Crippen LogP contribution in [0.2, 0.25) is 0 Å². The van der Waals surface area contributed by atoms with E-state index in [0.717, 1.165) is 50.5 Å². The van der Waals surface area contributed by atoms with Crippen molar-refractivity contribution in [3.8, 4) is 0 Å². The maximum atomic E-state index is 5.05. The number of methoxy groups -OCH3 is 1. The van der Waals surface area contributed by atoms with Gasteiger partial charge in [-0.05, 0) is 44.6 Å². The molecule has 5 heteroatoms. The fraction of sp³-hybridized carbons (Fsp3) is 0.941. The van der Waals surface area contributed by atoms with Crippen molar-refractivity contribution < 1.29 is 4.74 Å². The van der Waals surface area contributed by atoms with Gasteiger partial charge in [0.2, 0.25) is 0 Å². The van der Waals surface area contributed by atoms with E-state index in [1.165, 1.54) is 32.5 Å². The van der Waals surface area contributed by atoms with Crippen molar-refractivity contribution in [3.63, 3.8) is 0 Å². The molecular formula is C17H36N4O. The highest BCUT2D eigenvalue weighted by Gasteiger charge is 2.20. The van der Waals surface area contributed by atoms with Crippen LogP contribution in [0.1, 0.15) is 40.0 Å². The topological polar surface area (TPSA) is 48.9 Å². The van der Waals surface area contributed by atoms with Crippen molar-refractivity contribution >= 4 is 5.96 Å². The molecule has 1 saturated heterocycles. The van der Waals surface area contributed by atoms with E-state index in [1.54, 1.807) is 7.11 Å². The number of rotatable bonds is 9. The molecule has 1 heterocycles. The van der Waals surface area contributed by atoms with Gasteiger partial charge in [0.05, 0.1) is 0 Å². The molecule has 1 aliphatic rings. The van der Waals surface area contributed by atoms with Crippen LogP contribution in [0.25, 0.3) is 0 Å². The highest BCUT2D eigenvalue weighted by molar-refractivity contribution is 5.79. The largest absolute Gasteiger partial charge is 0.385 e. The Morgan fingerprint density at radius 3 is 2.55 bits per heavy atom. The van der Waals surface area contributed by atoms with Crippen LogP contribution in [0.3, 0.4) is 0 Å². The Morgan fingerprint density at radius 1 is 1.18 bits per heavy atom. The van der Waals surface area contributed by atoms with Crippen molar-refractivity contribution in [2.24, 2.45) is 16.8 Å². The van der Waals surface area contributed by atoms with Gasteiger partial charge in [-0.3, -0.25) is 4.99 Å². The molecule has 0 aromatic rings. The first-order valence-electron chi connectivity index (χ1n) is 8.89. The van der Waals surface area contributed by atoms with E-state index >= 15 is 0 Å². The third-order valence-corrected chi connectivity index (χ3v) is 4.01. The normalized spacial score (nSPS) is 23.5. The van der Waals surface area contributed by atoms with Gasteiger partial charge in [0, 0.05) is 46.4 Å². The average Bonchev–Trinajstić information content (AvgIpc) is 2.47. The van der Waals surface area contributed by atoms with E-state index in [1.807, 2.05) is 0 Å². The van der Waals surface area contributed by atoms with Crippen molar-refractivity contribution in [3.05, 3.63) is 0 Å². The number of piperidine rings is 1. The molecule has 0 aromatic heterocycles. The number of guanidine groups is 1. The number of nitrogens with zero attached hydrogens (tertiary/aromatic N) is 2. The van der Waals surface area contributed by atoms with Crippen LogP contribution in [0, 0.1) is 11.8 Å². The summed E-state index contributed by atoms with van der Waals surface area (Å²) in [6.07, 6.45) is 3.52. The standard InChI is InChI=1S/C17H36N4O/c1-5-18-17(20-9-7-11-22-4)19-8-6-10-21-13-15(2)12-16(3)14-21/h15-16H,5-14H2,1-4H3,(H2,18,19,20). The minimum atomic E-state index is 0.772. The van der Waals surface area contributed by atoms with Gasteiger partial charge in [0.15, 0.2) is 5.96 Å². The molecule has 2 atom stereocenters. The third kappa shape index (κ3) is 8.59. The molecule has 22 heavy (non-hydrogen) atoms. The summed E-state index contributed by atoms with van der Waals surface area (Å²) in [5.41, 5.74) is 0. The Bertz CT molecular complexity index is 299. The van der Waals surface area contributed by atoms with Gasteiger partial charge in [0.1, 0.15) is 0 Å². The molecule has 0 aliphatic carbocycles. The van der Waals surface area contributed by atoms with Crippen LogP contribution < -0.4 is 10.6 Å². The zero-order valence-electron chi connectivity index (χ0n) is 15.0. The minimum Gasteiger partial charge on any atom is -0.385 e. The molecule has 2 N–H and O–H groups in total. The minimum absolute atomic E-state index is 0.772. The zero-order chi connectivity index (χ0) is 16.2. The second-order valence-corrected chi connectivity index (χ2v) is 6.59. The van der Waals surface area contributed by atoms with E-state index < -0.39 is 0 Å². The third-order valence-electron chi connectivity index (χ3n) is 4.01. The number of aliphatic imine (C=N–C) groups is 1. The molecule has 1 fully saturated rings. The summed E-state index contributed by atoms with van der Waals surface area (Å²) in [7, 11) is 1.73. The first-order valence-corrected chi connectivity index (χ1v) is 8.89. The lowest BCUT2D eigenvalue weighted by Crippen LogP contribution is -2.41. The Hall–Kier alpha value is -0.810. The van der Waals surface area contributed by atoms with Gasteiger partial charge in [-0.1, -0.05) is 13.8 Å². The highest BCUT2D eigenvalue weighted by Crippen LogP contribution is 2.20. The Morgan fingerprint density at radius 2 is 1.91 bits per heavy atom. The number of hydrogen-bond donors (Lipinski definition) is 2. The molecule has 5 nitrogen and oxygen atoms in total. The zero-order valence-corrected chi connectivity index (χ0v) is 15.0. The van der Waals surface area contributed by atoms with Gasteiger partial charge < -0.3 is 20.3 Å². The molecule has 0 bridgehead atoms. The van der Waals surface area contributed by atoms with Crippen LogP contribution in [-0.2, 0) is 4.74 Å². The molecule has 0 saturated carbocycles. The second kappa shape index (κ2) is 11.7. The molecule has 0 amide bonds. The van der Waals surface area contributed by atoms with Gasteiger partial charge in [-0.2, -0.15) is 0 Å². The molecule has 130 valence electrons. The average molecular weight is 313 g/mol. The van der Waals surface area contributed by atoms with Crippen molar-refractivity contribution in [1.82, 2.24) is 15.5 Å². The van der Waals surface area contributed by atoms with Crippen LogP contribution in [0.4, 0.5) is 0 Å². The van der Waals surface area contributed by atoms with Gasteiger partial charge in [0.25, 0.3) is 0 Å². The molecular weight excluding hydrogens is 276 g/mol. The summed E-state index contributed by atoms with van der Waals surface area (Å²) in [4.78, 5) is 7.17. The van der Waals surface area contributed by atoms with Gasteiger partial charge in [-0.25, -0.2) is 0 Å². The summed E-state index contributed by atoms with van der Waals surface area (Å²) >= 11 is 0. The Balaban J connectivity index is 2.19. The van der Waals surface area contributed by atoms with E-state index in [2.05, 4.69) is 41.3 Å². The molecule has 0 radical (unpaired) electrons. The van der Waals surface area contributed by atoms with E-state index in [-0.39, 0.29) is 0 Å². The quantitative estimate of drug-likeness (QED) is 0.388. The molecule has 0 aromatic carbocycles. The van der Waals surface area contributed by atoms with E-state index in [9.17, 15) is 0 Å². The summed E-state index contributed by atoms with van der Waals surface area (Å²) in [5, 5.41) is 6.73. The van der Waals surface area contributed by atoms with E-state index in [0.29, 0.717) is 0 Å². The summed E-state index contributed by atoms with van der Waals surface area (Å²) in [6.45, 7) is 14.0. The first kappa shape index (κ1) is 19.2. The summed E-state index contributed by atoms with van der Waals surface area (Å²) in [6, 6.07) is 0. The number of ether oxygens (including phenoxy) is 1. The molecule has 2 unspecified atom stereocenters. The van der Waals surface area contributed by atoms with Crippen molar-refractivity contribution in [1.29, 1.82) is 0 Å². The van der Waals surface area contributed by atoms with Crippen LogP contribution >= 0.6 is 0 Å². The van der Waals surface area contributed by atoms with Crippen molar-refractivity contribution in [2.75, 3.05) is 53.0 Å². The first-order chi connectivity index (χ1) is 10.7. The van der Waals surface area contributed by atoms with Crippen LogP contribution in [-0.4, -0.2) is 63.8 Å². The Labute approximate surface area is 136 Å². The Kier molecular flexibility index (Phi) is 10.2. The van der Waals surface area contributed by atoms with Gasteiger partial charge >= 0.3 is 0 Å². The molecule has 1 aliphatic heterocycles. The predicted octanol–water partition coefficient (Wildman–Crippen LogP) is 1.95. The van der Waals surface area contributed by atoms with E-state index in [4.69, 9.17) is 4.74 Å². The summed E-state index contributed by atoms with van der Waals surface area (Å²) < 4.78 is 5.05. The lowest BCUT2D eigenvalue weighted by molar-refractivity contribution is 0.140. The fourth-order valence-corrected chi connectivity index (χ4v) is 3.23. The molecule has 1 rings (SSSR count). The molecule has 0 spiro atoms. The number of nitrogens with one attached hydrogen (secondary N) is 2. The maximum Gasteiger partial charge on any atom is 0.191 e. The monoisotopic (exact) mass is 312 g/mol. The number of hydrogen-bond acceptors (Lipinski definition) is 3. The highest BCUT2D eigenvalue weighted by atomic mass is 16.5. The fourth-order valence-electron chi connectivity index (χ4n) is 3.23. The van der Waals surface area contributed by atoms with Crippen molar-refractivity contribution in [2.45, 2.75) is 40.0 Å². The predicted molar refractivity (Wildman–Crippen MR) is 94.5 cm³/mol. The maximum absolute atomic E-state index is 5.05. The summed E-state index contributed by atoms with van der Waals surface area (Å²) in [5.74, 6) is 2.62.